The summed E-state index contributed by atoms with van der Waals surface area (Å²) in [5.41, 5.74) is 1.76. The van der Waals surface area contributed by atoms with E-state index in [4.69, 9.17) is 0 Å². The van der Waals surface area contributed by atoms with Crippen LogP contribution in [-0.2, 0) is 32.1 Å². The number of nitrogens with zero attached hydrogens (tertiary/aromatic N) is 2. The maximum Gasteiger partial charge on any atom is 0.0967 e. The first-order valence-corrected chi connectivity index (χ1v) is 11.6. The molecule has 24 heavy (non-hydrogen) atoms. The fourth-order valence-electron chi connectivity index (χ4n) is 5.85. The van der Waals surface area contributed by atoms with Crippen LogP contribution in [0.4, 0.5) is 0 Å². The molecule has 4 fully saturated rings. The van der Waals surface area contributed by atoms with Gasteiger partial charge in [-0.2, -0.15) is 0 Å². The molecule has 0 amide bonds. The van der Waals surface area contributed by atoms with Gasteiger partial charge >= 0.3 is 29.2 Å². The molecule has 4 saturated carbocycles. The Bertz CT molecular complexity index is 647. The number of hydrogen-bond donors (Lipinski definition) is 0. The van der Waals surface area contributed by atoms with Crippen LogP contribution in [0.25, 0.3) is 0 Å². The van der Waals surface area contributed by atoms with Gasteiger partial charge in [0.2, 0.25) is 0 Å². The Kier molecular flexibility index (Phi) is 4.93. The predicted molar refractivity (Wildman–Crippen MR) is 91.0 cm³/mol. The molecule has 4 heteroatoms. The van der Waals surface area contributed by atoms with Gasteiger partial charge in [-0.15, -0.1) is 0 Å². The number of halogens is 1. The Hall–Kier alpha value is -0.540. The molecule has 1 aromatic carbocycles. The molecule has 0 atom stereocenters. The minimum atomic E-state index is 0.399. The Labute approximate surface area is 161 Å². The van der Waals surface area contributed by atoms with Crippen molar-refractivity contribution in [2.75, 3.05) is 0 Å². The summed E-state index contributed by atoms with van der Waals surface area (Å²) in [5, 5.41) is 0. The second kappa shape index (κ2) is 6.99. The zero-order chi connectivity index (χ0) is 16.6. The van der Waals surface area contributed by atoms with Gasteiger partial charge in [-0.25, -0.2) is 0 Å². The van der Waals surface area contributed by atoms with Crippen molar-refractivity contribution in [1.82, 2.24) is 4.57 Å². The van der Waals surface area contributed by atoms with Gasteiger partial charge in [0.1, 0.15) is 0 Å². The molecule has 1 aromatic heterocycles. The largest absolute Gasteiger partial charge is 0.395 e. The van der Waals surface area contributed by atoms with Crippen LogP contribution in [0.2, 0.25) is 0 Å². The third-order valence-corrected chi connectivity index (χ3v) is 6.35. The summed E-state index contributed by atoms with van der Waals surface area (Å²) in [5.74, 6) is 2.97. The molecule has 0 radical (unpaired) electrons. The van der Waals surface area contributed by atoms with Gasteiger partial charge in [0.15, 0.2) is 0 Å². The third kappa shape index (κ3) is 3.14. The monoisotopic (exact) mass is 524 g/mol. The molecular formula is C20H24AuClN2. The summed E-state index contributed by atoms with van der Waals surface area (Å²) < 4.78 is 4.76. The number of hydrogen-bond acceptors (Lipinski definition) is 0. The second-order valence-electron chi connectivity index (χ2n) is 8.04. The maximum absolute atomic E-state index is 4.58. The molecule has 4 bridgehead atoms. The van der Waals surface area contributed by atoms with Crippen molar-refractivity contribution >= 4 is 9.19 Å². The van der Waals surface area contributed by atoms with Crippen LogP contribution in [0.3, 0.4) is 0 Å². The van der Waals surface area contributed by atoms with Crippen molar-refractivity contribution in [2.24, 2.45) is 17.8 Å². The minimum Gasteiger partial charge on any atom is -0.395 e. The molecule has 132 valence electrons. The van der Waals surface area contributed by atoms with Crippen molar-refractivity contribution < 1.29 is 24.6 Å². The number of rotatable bonds is 3. The normalized spacial score (nSPS) is 33.2. The zero-order valence-electron chi connectivity index (χ0n) is 13.8. The van der Waals surface area contributed by atoms with Gasteiger partial charge in [-0.3, -0.25) is 0 Å². The molecule has 1 heterocycles. The van der Waals surface area contributed by atoms with Crippen molar-refractivity contribution in [3.05, 3.63) is 54.6 Å². The van der Waals surface area contributed by atoms with Crippen molar-refractivity contribution in [2.45, 2.75) is 50.6 Å². The fourth-order valence-corrected chi connectivity index (χ4v) is 5.85. The van der Waals surface area contributed by atoms with Gasteiger partial charge in [0.25, 0.3) is 0 Å². The van der Waals surface area contributed by atoms with E-state index in [-0.39, 0.29) is 0 Å². The van der Waals surface area contributed by atoms with E-state index in [1.165, 1.54) is 44.1 Å². The summed E-state index contributed by atoms with van der Waals surface area (Å²) in [6.07, 6.45) is 16.7. The van der Waals surface area contributed by atoms with Crippen LogP contribution >= 0.6 is 9.19 Å². The van der Waals surface area contributed by atoms with E-state index in [1.807, 2.05) is 0 Å². The van der Waals surface area contributed by atoms with Crippen LogP contribution in [0.1, 0.15) is 44.1 Å². The molecule has 0 spiro atoms. The van der Waals surface area contributed by atoms with E-state index in [0.29, 0.717) is 5.54 Å². The molecule has 0 N–H and O–H groups in total. The standard InChI is InChI=1S/C20H24N2.Au.ClH/c1-2-4-16(5-3-1)14-21-6-7-22(15-21)20-11-17-8-18(12-20)10-19(9-17)13-20;;/h1-6,15,17-19H,8-14H2;;1H/q;+1;/p-1. The van der Waals surface area contributed by atoms with Gasteiger partial charge in [0.05, 0.1) is 18.4 Å². The molecule has 0 saturated heterocycles. The summed E-state index contributed by atoms with van der Waals surface area (Å²) in [7, 11) is 4.58. The third-order valence-electron chi connectivity index (χ3n) is 6.35. The van der Waals surface area contributed by atoms with E-state index in [1.54, 1.807) is 20.0 Å². The first-order valence-electron chi connectivity index (χ1n) is 8.94. The van der Waals surface area contributed by atoms with Crippen molar-refractivity contribution in [1.29, 1.82) is 0 Å². The van der Waals surface area contributed by atoms with E-state index in [9.17, 15) is 0 Å². The Morgan fingerprint density at radius 1 is 1.04 bits per heavy atom. The van der Waals surface area contributed by atoms with Gasteiger partial charge < -0.3 is 9.13 Å². The van der Waals surface area contributed by atoms with E-state index < -0.39 is 0 Å². The number of benzene rings is 1. The van der Waals surface area contributed by atoms with Gasteiger partial charge in [0, 0.05) is 6.20 Å². The number of aromatic nitrogens is 2. The fraction of sp³-hybridized carbons (Fsp3) is 0.550. The molecule has 2 aromatic rings. The summed E-state index contributed by atoms with van der Waals surface area (Å²) in [6.45, 7) is 0.955. The van der Waals surface area contributed by atoms with Crippen LogP contribution in [0.15, 0.2) is 42.9 Å². The zero-order valence-corrected chi connectivity index (χ0v) is 16.7. The Morgan fingerprint density at radius 2 is 1.62 bits per heavy atom. The van der Waals surface area contributed by atoms with Crippen LogP contribution in [0.5, 0.6) is 0 Å². The number of imidazole rings is 1. The SMILES string of the molecule is [Cl][Au].[c-]1cn(Cc2ccccc2)c[n+]1C12CC3CC(CC(C3)C1)C2. The summed E-state index contributed by atoms with van der Waals surface area (Å²) in [6, 6.07) is 10.7. The molecule has 6 rings (SSSR count). The molecule has 2 nitrogen and oxygen atoms in total. The smallest absolute Gasteiger partial charge is 0.0967 e. The van der Waals surface area contributed by atoms with E-state index >= 15 is 0 Å². The predicted octanol–water partition coefficient (Wildman–Crippen LogP) is 4.24. The van der Waals surface area contributed by atoms with Crippen LogP contribution < -0.4 is 4.57 Å². The molecule has 4 aliphatic carbocycles. The first-order chi connectivity index (χ1) is 11.8. The van der Waals surface area contributed by atoms with Crippen molar-refractivity contribution in [3.63, 3.8) is 0 Å². The Morgan fingerprint density at radius 3 is 2.21 bits per heavy atom. The van der Waals surface area contributed by atoms with Crippen LogP contribution in [-0.4, -0.2) is 4.57 Å². The average Bonchev–Trinajstić information content (AvgIpc) is 3.06. The molecule has 0 aliphatic heterocycles. The second-order valence-corrected chi connectivity index (χ2v) is 8.04. The van der Waals surface area contributed by atoms with E-state index in [0.717, 1.165) is 24.3 Å². The summed E-state index contributed by atoms with van der Waals surface area (Å²) >= 11 is 1.75. The molecule has 0 unspecified atom stereocenters. The first kappa shape index (κ1) is 16.9. The van der Waals surface area contributed by atoms with Crippen molar-refractivity contribution in [3.8, 4) is 0 Å². The quantitative estimate of drug-likeness (QED) is 0.323. The average molecular weight is 525 g/mol. The van der Waals surface area contributed by atoms with Gasteiger partial charge in [-0.05, 0) is 68.0 Å². The topological polar surface area (TPSA) is 8.81 Å². The maximum atomic E-state index is 4.58. The van der Waals surface area contributed by atoms with Gasteiger partial charge in [-0.1, -0.05) is 30.3 Å². The molecular weight excluding hydrogens is 501 g/mol. The molecule has 4 aliphatic rings. The minimum absolute atomic E-state index is 0.399. The van der Waals surface area contributed by atoms with E-state index in [2.05, 4.69) is 67.4 Å². The van der Waals surface area contributed by atoms with Crippen LogP contribution in [0, 0.1) is 24.0 Å². The Balaban J connectivity index is 0.000000704. The summed E-state index contributed by atoms with van der Waals surface area (Å²) in [4.78, 5) is 0.